The highest BCUT2D eigenvalue weighted by molar-refractivity contribution is 5.70. The van der Waals surface area contributed by atoms with Gasteiger partial charge >= 0.3 is 11.9 Å². The molecule has 0 aromatic heterocycles. The van der Waals surface area contributed by atoms with Gasteiger partial charge in [0.15, 0.2) is 6.10 Å². The maximum atomic E-state index is 12.6. The van der Waals surface area contributed by atoms with Crippen molar-refractivity contribution >= 4 is 11.9 Å². The predicted octanol–water partition coefficient (Wildman–Crippen LogP) is 12.2. The Balaban J connectivity index is 3.89. The van der Waals surface area contributed by atoms with Gasteiger partial charge in [0.25, 0.3) is 0 Å². The molecule has 0 saturated heterocycles. The summed E-state index contributed by atoms with van der Waals surface area (Å²) >= 11 is 0. The van der Waals surface area contributed by atoms with E-state index in [1.165, 1.54) is 128 Å². The minimum atomic E-state index is -0.399. The molecule has 5 heteroatoms. The van der Waals surface area contributed by atoms with Crippen LogP contribution in [0, 0.1) is 0 Å². The van der Waals surface area contributed by atoms with Crippen molar-refractivity contribution in [2.75, 3.05) is 34.3 Å². The lowest BCUT2D eigenvalue weighted by Gasteiger charge is -2.28. The summed E-state index contributed by atoms with van der Waals surface area (Å²) in [5.74, 6) is -0.350. The van der Waals surface area contributed by atoms with Crippen molar-refractivity contribution in [3.8, 4) is 0 Å². The lowest BCUT2D eigenvalue weighted by atomic mass is 10.1. The van der Waals surface area contributed by atoms with Crippen LogP contribution < -0.4 is 0 Å². The van der Waals surface area contributed by atoms with E-state index in [4.69, 9.17) is 9.47 Å². The van der Waals surface area contributed by atoms with Crippen LogP contribution in [0.5, 0.6) is 0 Å². The van der Waals surface area contributed by atoms with Gasteiger partial charge in [-0.2, -0.15) is 0 Å². The molecule has 0 fully saturated rings. The second kappa shape index (κ2) is 34.3. The van der Waals surface area contributed by atoms with Crippen LogP contribution in [0.2, 0.25) is 0 Å². The Morgan fingerprint density at radius 3 is 1.21 bits per heavy atom. The van der Waals surface area contributed by atoms with Crippen LogP contribution in [0.15, 0.2) is 24.3 Å². The molecular weight excluding hydrogens is 582 g/mol. The van der Waals surface area contributed by atoms with Gasteiger partial charge in [-0.3, -0.25) is 9.59 Å². The number of ether oxygens (including phenoxy) is 2. The normalized spacial score (nSPS) is 12.7. The second-order valence-corrected chi connectivity index (χ2v) is 14.9. The standard InChI is InChI=1S/C42H80NO4/c1-6-8-10-12-14-16-18-20-22-24-26-28-30-32-34-36-41(44)46-39-40(38-43(3,4)5)47-42(45)37-35-33-31-29-27-25-23-21-19-17-15-13-11-9-7-2/h20-23,40H,6-19,24-39H2,1-5H3/q+1/b22-20-,23-21+. The quantitative estimate of drug-likeness (QED) is 0.0293. The molecule has 0 aromatic carbocycles. The largest absolute Gasteiger partial charge is 0.461 e. The molecule has 0 bridgehead atoms. The van der Waals surface area contributed by atoms with Gasteiger partial charge in [-0.1, -0.05) is 141 Å². The fourth-order valence-electron chi connectivity index (χ4n) is 5.92. The van der Waals surface area contributed by atoms with Gasteiger partial charge in [0, 0.05) is 12.8 Å². The van der Waals surface area contributed by atoms with Gasteiger partial charge in [-0.05, 0) is 64.2 Å². The van der Waals surface area contributed by atoms with Crippen molar-refractivity contribution in [1.82, 2.24) is 0 Å². The van der Waals surface area contributed by atoms with Crippen molar-refractivity contribution in [1.29, 1.82) is 0 Å². The second-order valence-electron chi connectivity index (χ2n) is 14.9. The number of unbranched alkanes of at least 4 members (excludes halogenated alkanes) is 22. The first-order valence-corrected chi connectivity index (χ1v) is 20.2. The van der Waals surface area contributed by atoms with Crippen LogP contribution >= 0.6 is 0 Å². The Labute approximate surface area is 293 Å². The zero-order chi connectivity index (χ0) is 34.7. The molecule has 0 radical (unpaired) electrons. The Morgan fingerprint density at radius 1 is 0.489 bits per heavy atom. The molecule has 0 aliphatic heterocycles. The van der Waals surface area contributed by atoms with Gasteiger partial charge in [-0.15, -0.1) is 0 Å². The third kappa shape index (κ3) is 37.1. The summed E-state index contributed by atoms with van der Waals surface area (Å²) in [6, 6.07) is 0. The number of hydrogen-bond donors (Lipinski definition) is 0. The molecule has 0 aliphatic rings. The van der Waals surface area contributed by atoms with E-state index >= 15 is 0 Å². The monoisotopic (exact) mass is 663 g/mol. The number of nitrogens with zero attached hydrogens (tertiary/aromatic N) is 1. The van der Waals surface area contributed by atoms with Gasteiger partial charge in [0.05, 0.1) is 21.1 Å². The summed E-state index contributed by atoms with van der Waals surface area (Å²) in [5, 5.41) is 0. The lowest BCUT2D eigenvalue weighted by molar-refractivity contribution is -0.873. The molecule has 5 nitrogen and oxygen atoms in total. The summed E-state index contributed by atoms with van der Waals surface area (Å²) in [4.78, 5) is 24.9. The topological polar surface area (TPSA) is 52.6 Å². The van der Waals surface area contributed by atoms with E-state index in [0.29, 0.717) is 23.9 Å². The molecule has 0 heterocycles. The molecule has 0 aromatic rings. The molecule has 0 aliphatic carbocycles. The first-order valence-electron chi connectivity index (χ1n) is 20.2. The first-order chi connectivity index (χ1) is 22.8. The molecule has 1 atom stereocenters. The van der Waals surface area contributed by atoms with Crippen LogP contribution in [0.25, 0.3) is 0 Å². The Bertz CT molecular complexity index is 754. The highest BCUT2D eigenvalue weighted by Crippen LogP contribution is 2.13. The number of rotatable bonds is 35. The van der Waals surface area contributed by atoms with Crippen molar-refractivity contribution in [3.63, 3.8) is 0 Å². The summed E-state index contributed by atoms with van der Waals surface area (Å²) in [5.41, 5.74) is 0. The fraction of sp³-hybridized carbons (Fsp3) is 0.857. The molecule has 0 amide bonds. The SMILES string of the molecule is CCCCCCCC/C=C\CCCCCCCC(=O)OCC(C[N+](C)(C)C)OC(=O)CCCCCCC/C=C/CCCCCCCC. The number of quaternary nitrogens is 1. The minimum absolute atomic E-state index is 0.150. The molecule has 0 spiro atoms. The fourth-order valence-corrected chi connectivity index (χ4v) is 5.92. The minimum Gasteiger partial charge on any atom is -0.461 e. The smallest absolute Gasteiger partial charge is 0.306 e. The third-order valence-electron chi connectivity index (χ3n) is 8.77. The highest BCUT2D eigenvalue weighted by atomic mass is 16.6. The van der Waals surface area contributed by atoms with E-state index in [2.05, 4.69) is 59.3 Å². The van der Waals surface area contributed by atoms with Crippen molar-refractivity contribution in [2.24, 2.45) is 0 Å². The molecule has 0 saturated carbocycles. The van der Waals surface area contributed by atoms with Crippen molar-refractivity contribution < 1.29 is 23.5 Å². The van der Waals surface area contributed by atoms with Gasteiger partial charge < -0.3 is 14.0 Å². The maximum Gasteiger partial charge on any atom is 0.306 e. The van der Waals surface area contributed by atoms with Crippen LogP contribution in [0.3, 0.4) is 0 Å². The van der Waals surface area contributed by atoms with Crippen LogP contribution in [0.1, 0.15) is 194 Å². The molecule has 276 valence electrons. The average Bonchev–Trinajstić information content (AvgIpc) is 3.03. The van der Waals surface area contributed by atoms with Crippen LogP contribution in [-0.4, -0.2) is 56.8 Å². The molecule has 1 unspecified atom stereocenters. The number of esters is 2. The average molecular weight is 663 g/mol. The third-order valence-corrected chi connectivity index (χ3v) is 8.77. The molecule has 47 heavy (non-hydrogen) atoms. The number of likely N-dealkylation sites (N-methyl/N-ethyl adjacent to an activating group) is 1. The first kappa shape index (κ1) is 45.4. The Morgan fingerprint density at radius 2 is 0.830 bits per heavy atom. The van der Waals surface area contributed by atoms with E-state index < -0.39 is 6.10 Å². The van der Waals surface area contributed by atoms with E-state index in [9.17, 15) is 9.59 Å². The summed E-state index contributed by atoms with van der Waals surface area (Å²) < 4.78 is 12.0. The highest BCUT2D eigenvalue weighted by Gasteiger charge is 2.23. The lowest BCUT2D eigenvalue weighted by Crippen LogP contribution is -2.45. The number of carbonyl (C=O) groups is 2. The van der Waals surface area contributed by atoms with Gasteiger partial charge in [0.1, 0.15) is 13.2 Å². The zero-order valence-corrected chi connectivity index (χ0v) is 32.2. The van der Waals surface area contributed by atoms with Crippen molar-refractivity contribution in [2.45, 2.75) is 200 Å². The van der Waals surface area contributed by atoms with E-state index in [1.807, 2.05) is 0 Å². The number of hydrogen-bond acceptors (Lipinski definition) is 4. The van der Waals surface area contributed by atoms with Crippen LogP contribution in [0.4, 0.5) is 0 Å². The van der Waals surface area contributed by atoms with Gasteiger partial charge in [0.2, 0.25) is 0 Å². The zero-order valence-electron chi connectivity index (χ0n) is 32.2. The number of allylic oxidation sites excluding steroid dienone is 4. The van der Waals surface area contributed by atoms with Crippen LogP contribution in [-0.2, 0) is 19.1 Å². The number of carbonyl (C=O) groups excluding carboxylic acids is 2. The van der Waals surface area contributed by atoms with E-state index in [1.54, 1.807) is 0 Å². The molecule has 0 rings (SSSR count). The maximum absolute atomic E-state index is 12.6. The Kier molecular flexibility index (Phi) is 33.1. The summed E-state index contributed by atoms with van der Waals surface area (Å²) in [6.45, 7) is 5.31. The molecule has 0 N–H and O–H groups in total. The van der Waals surface area contributed by atoms with Crippen molar-refractivity contribution in [3.05, 3.63) is 24.3 Å². The molecular formula is C42H80NO4+. The van der Waals surface area contributed by atoms with E-state index in [-0.39, 0.29) is 18.5 Å². The Hall–Kier alpha value is -1.62. The van der Waals surface area contributed by atoms with E-state index in [0.717, 1.165) is 38.5 Å². The van der Waals surface area contributed by atoms with Gasteiger partial charge in [-0.25, -0.2) is 0 Å². The predicted molar refractivity (Wildman–Crippen MR) is 203 cm³/mol. The summed E-state index contributed by atoms with van der Waals surface area (Å²) in [7, 11) is 6.20. The summed E-state index contributed by atoms with van der Waals surface area (Å²) in [6.07, 6.45) is 42.1.